The minimum absolute atomic E-state index is 0.148. The van der Waals surface area contributed by atoms with Crippen LogP contribution in [-0.4, -0.2) is 39.9 Å². The van der Waals surface area contributed by atoms with Crippen LogP contribution in [0.4, 0.5) is 0 Å². The summed E-state index contributed by atoms with van der Waals surface area (Å²) in [7, 11) is 0. The number of hydrogen-bond acceptors (Lipinski definition) is 18. The predicted octanol–water partition coefficient (Wildman–Crippen LogP) is 25.8. The number of hydrogen-bond donors (Lipinski definition) is 2. The summed E-state index contributed by atoms with van der Waals surface area (Å²) in [5, 5.41) is 2.77. The largest absolute Gasteiger partial charge is 0.489 e. The second-order valence-electron chi connectivity index (χ2n) is 33.0. The van der Waals surface area contributed by atoms with E-state index in [0.29, 0.717) is 212 Å². The molecule has 0 atom stereocenters. The Kier molecular flexibility index (Phi) is 25.4. The molecule has 0 amide bonds. The Morgan fingerprint density at radius 1 is 0.140 bits per heavy atom. The maximum Gasteiger partial charge on any atom is 0.164 e. The van der Waals surface area contributed by atoms with Gasteiger partial charge in [0.2, 0.25) is 0 Å². The first kappa shape index (κ1) is 85.3. The Morgan fingerprint density at radius 3 is 0.551 bits per heavy atom. The van der Waals surface area contributed by atoms with Crippen LogP contribution in [0.15, 0.2) is 388 Å². The van der Waals surface area contributed by atoms with E-state index in [2.05, 4.69) is 9.97 Å². The first-order valence-corrected chi connectivity index (χ1v) is 45.0. The Morgan fingerprint density at radius 2 is 0.324 bits per heavy atom. The van der Waals surface area contributed by atoms with Crippen molar-refractivity contribution in [2.75, 3.05) is 0 Å². The van der Waals surface area contributed by atoms with Gasteiger partial charge < -0.3 is 66.8 Å². The molecule has 0 unspecified atom stereocenters. The number of H-pyrrole nitrogens is 2. The van der Waals surface area contributed by atoms with Crippen molar-refractivity contribution < 1.29 is 56.8 Å². The summed E-state index contributed by atoms with van der Waals surface area (Å²) >= 11 is 0. The molecule has 20 heteroatoms. The zero-order valence-electron chi connectivity index (χ0n) is 74.0. The van der Waals surface area contributed by atoms with Crippen LogP contribution in [0, 0.1) is 0 Å². The molecular weight excluding hydrogens is 1700 g/mol. The summed E-state index contributed by atoms with van der Waals surface area (Å²) < 4.78 is 79.1. The average Bonchev–Trinajstić information content (AvgIpc) is 1.59. The Balaban J connectivity index is 0.682. The number of nitrogens with one attached hydrogen (secondary N) is 2. The molecule has 136 heavy (non-hydrogen) atoms. The summed E-state index contributed by atoms with van der Waals surface area (Å²) in [5.74, 6) is 8.62. The summed E-state index contributed by atoms with van der Waals surface area (Å²) in [5.41, 5.74) is 15.9. The molecule has 3 aromatic heterocycles. The van der Waals surface area contributed by atoms with E-state index >= 15 is 0 Å². The van der Waals surface area contributed by atoms with Gasteiger partial charge in [0.05, 0.1) is 0 Å². The van der Waals surface area contributed by atoms with Crippen molar-refractivity contribution in [1.29, 1.82) is 0 Å². The molecule has 0 saturated heterocycles. The highest BCUT2D eigenvalue weighted by Crippen LogP contribution is 2.43. The van der Waals surface area contributed by atoms with Crippen molar-refractivity contribution in [1.82, 2.24) is 39.9 Å². The smallest absolute Gasteiger partial charge is 0.164 e. The minimum atomic E-state index is 0.148. The maximum absolute atomic E-state index is 6.85. The van der Waals surface area contributed by atoms with Gasteiger partial charge in [-0.3, -0.25) is 0 Å². The van der Waals surface area contributed by atoms with Crippen LogP contribution < -0.4 is 56.8 Å². The lowest BCUT2D eigenvalue weighted by molar-refractivity contribution is 0.281. The first-order valence-electron chi connectivity index (χ1n) is 45.0. The molecule has 0 aliphatic carbocycles. The van der Waals surface area contributed by atoms with Gasteiger partial charge in [0.1, 0.15) is 171 Å². The predicted molar refractivity (Wildman–Crippen MR) is 525 cm³/mol. The van der Waals surface area contributed by atoms with E-state index in [9.17, 15) is 0 Å². The van der Waals surface area contributed by atoms with Crippen LogP contribution >= 0.6 is 0 Å². The van der Waals surface area contributed by atoms with Gasteiger partial charge in [-0.1, -0.05) is 243 Å². The van der Waals surface area contributed by atoms with Gasteiger partial charge in [-0.2, -0.15) is 0 Å². The van der Waals surface area contributed by atoms with Crippen molar-refractivity contribution in [3.8, 4) is 115 Å². The lowest BCUT2D eigenvalue weighted by Crippen LogP contribution is -2.01. The fourth-order valence-electron chi connectivity index (χ4n) is 16.2. The molecule has 5 heterocycles. The van der Waals surface area contributed by atoms with Crippen molar-refractivity contribution >= 4 is 44.1 Å². The third-order valence-electron chi connectivity index (χ3n) is 23.1. The molecule has 0 saturated carbocycles. The molecule has 2 aliphatic heterocycles. The van der Waals surface area contributed by atoms with Crippen LogP contribution in [0.25, 0.3) is 89.7 Å². The number of ether oxygens (including phenoxy) is 12. The van der Waals surface area contributed by atoms with Crippen molar-refractivity contribution in [3.05, 3.63) is 455 Å². The molecule has 2 N–H and O–H groups in total. The summed E-state index contributed by atoms with van der Waals surface area (Å²) in [4.78, 5) is 40.3. The zero-order chi connectivity index (χ0) is 91.0. The fraction of sp³-hybridized carbons (Fsp3) is 0.103. The number of rotatable bonds is 36. The van der Waals surface area contributed by atoms with Gasteiger partial charge in [0.15, 0.2) is 23.3 Å². The lowest BCUT2D eigenvalue weighted by atomic mass is 10.1. The van der Waals surface area contributed by atoms with E-state index in [0.717, 1.165) is 66.8 Å². The van der Waals surface area contributed by atoms with Crippen LogP contribution in [0.1, 0.15) is 66.8 Å². The summed E-state index contributed by atoms with van der Waals surface area (Å²) in [6.07, 6.45) is 0. The fourth-order valence-corrected chi connectivity index (χ4v) is 16.2. The summed E-state index contributed by atoms with van der Waals surface area (Å²) in [6, 6.07) is 127. The molecule has 21 rings (SSSR count). The monoisotopic (exact) mass is 1790 g/mol. The topological polar surface area (TPSA) is 220 Å². The van der Waals surface area contributed by atoms with Crippen LogP contribution in [0.3, 0.4) is 0 Å². The third-order valence-corrected chi connectivity index (χ3v) is 23.1. The van der Waals surface area contributed by atoms with E-state index in [-0.39, 0.29) is 26.4 Å². The zero-order valence-corrected chi connectivity index (χ0v) is 74.0. The van der Waals surface area contributed by atoms with Gasteiger partial charge >= 0.3 is 0 Å². The molecule has 2 aliphatic rings. The van der Waals surface area contributed by atoms with Crippen LogP contribution in [0.5, 0.6) is 69.0 Å². The van der Waals surface area contributed by atoms with Gasteiger partial charge in [-0.25, -0.2) is 29.9 Å². The standard InChI is InChI=1S/C116H90N8O12/c1-9-25-77(26-10-1)65-129-93-49-85(50-94(57-93)130-66-78-27-11-2-12-28-78)73-125-89-41-45-101-105(61-89)113-117-109(101)122-114-107-63-91(127-75-87-53-97(133-69-81-33-17-5-18-34-81)59-98(54-87)134-70-82-35-19-6-20-36-82)43-47-103(107)111(119-114)124-116-108-64-92(128-76-88-55-99(135-71-83-37-21-7-22-38-83)60-100(56-88)136-72-84-39-23-8-24-40-84)44-48-104(108)112(120-116)123-115-106-62-90(42-46-102(106)110(118-115)121-113)126-74-86-51-95(131-67-79-29-13-3-14-30-79)58-96(52-86)132-68-80-31-15-4-16-32-80/h1-64H,65-76H2,(H2,117,118,119,120,121,122,123,124). The number of fused-ring (bicyclic) bond motifs is 20. The molecule has 0 radical (unpaired) electrons. The quantitative estimate of drug-likeness (QED) is 0.0373. The number of aromatic nitrogens is 8. The van der Waals surface area contributed by atoms with Crippen molar-refractivity contribution in [2.24, 2.45) is 0 Å². The highest BCUT2D eigenvalue weighted by molar-refractivity contribution is 6.07. The van der Waals surface area contributed by atoms with Crippen molar-refractivity contribution in [2.45, 2.75) is 79.3 Å². The summed E-state index contributed by atoms with van der Waals surface area (Å²) in [6.45, 7) is 3.45. The highest BCUT2D eigenvalue weighted by Gasteiger charge is 2.26. The Labute approximate surface area is 785 Å². The molecule has 19 aromatic rings. The van der Waals surface area contributed by atoms with Gasteiger partial charge in [0, 0.05) is 68.1 Å². The second kappa shape index (κ2) is 40.5. The lowest BCUT2D eigenvalue weighted by Gasteiger charge is -2.14. The van der Waals surface area contributed by atoms with Crippen molar-refractivity contribution in [3.63, 3.8) is 0 Å². The van der Waals surface area contributed by atoms with E-state index in [1.807, 2.05) is 388 Å². The van der Waals surface area contributed by atoms with Crippen LogP contribution in [-0.2, 0) is 79.3 Å². The van der Waals surface area contributed by atoms with E-state index in [1.54, 1.807) is 0 Å². The SMILES string of the molecule is c1ccc(COc2cc(COc3ccc4c(c3)-c3nc-4nc4[nH]c(nc5nc(nc6[nH]c(n3)c3ccc(OCc7cc(OCc8ccccc8)cc(OCc8ccccc8)c7)cc63)-c3ccc(OCc6cc(OCc7ccccc7)cc(OCc7ccccc7)c6)cc3-5)c3ccc(OCc5cc(OCc6ccccc6)cc(OCc6ccccc6)c5)cc43)cc(OCc3ccccc3)c2)cc1. The molecule has 0 fully saturated rings. The van der Waals surface area contributed by atoms with E-state index < -0.39 is 0 Å². The third kappa shape index (κ3) is 21.2. The second-order valence-corrected chi connectivity index (χ2v) is 33.0. The van der Waals surface area contributed by atoms with Gasteiger partial charge in [-0.05, 0) is 188 Å². The number of aromatic amines is 2. The first-order chi connectivity index (χ1) is 67.2. The Hall–Kier alpha value is -17.5. The van der Waals surface area contributed by atoms with Gasteiger partial charge in [0.25, 0.3) is 0 Å². The Bertz CT molecular complexity index is 6920. The van der Waals surface area contributed by atoms with Gasteiger partial charge in [-0.15, -0.1) is 0 Å². The molecule has 8 bridgehead atoms. The molecular formula is C116H90N8O12. The molecule has 20 nitrogen and oxygen atoms in total. The normalized spacial score (nSPS) is 11.3. The highest BCUT2D eigenvalue weighted by atomic mass is 16.5. The molecule has 0 spiro atoms. The molecule has 16 aromatic carbocycles. The minimum Gasteiger partial charge on any atom is -0.489 e. The van der Waals surface area contributed by atoms with E-state index in [1.165, 1.54) is 0 Å². The number of nitrogens with zero attached hydrogens (tertiary/aromatic N) is 6. The molecule has 666 valence electrons. The maximum atomic E-state index is 6.85. The average molecular weight is 1790 g/mol. The van der Waals surface area contributed by atoms with Crippen LogP contribution in [0.2, 0.25) is 0 Å². The van der Waals surface area contributed by atoms with E-state index in [4.69, 9.17) is 86.7 Å². The number of benzene rings is 16.